The van der Waals surface area contributed by atoms with E-state index >= 15 is 0 Å². The van der Waals surface area contributed by atoms with Crippen molar-refractivity contribution in [3.63, 3.8) is 0 Å². The predicted molar refractivity (Wildman–Crippen MR) is 108 cm³/mol. The van der Waals surface area contributed by atoms with Gasteiger partial charge < -0.3 is 4.90 Å². The van der Waals surface area contributed by atoms with Crippen molar-refractivity contribution >= 4 is 11.6 Å². The van der Waals surface area contributed by atoms with E-state index in [9.17, 15) is 9.59 Å². The molecule has 3 unspecified atom stereocenters. The van der Waals surface area contributed by atoms with Crippen molar-refractivity contribution in [3.05, 3.63) is 11.8 Å². The van der Waals surface area contributed by atoms with E-state index in [1.807, 2.05) is 6.08 Å². The third-order valence-corrected chi connectivity index (χ3v) is 8.92. The quantitative estimate of drug-likeness (QED) is 0.711. The number of Topliss-reactive ketones (excluding diaryl/α,β-unsaturated/α-hetero) is 1. The first-order valence-corrected chi connectivity index (χ1v) is 11.2. The standard InChI is InChI=1S/C24H37NO2/c1-15(2)12-21(27)20-7-6-18-17-14-25(5)22-13-16(26)8-10-24(22,4)19(17)9-11-23(18,20)3/h13,15,17-20H,6-12,14H2,1-5H3/t17?,18?,19?,20-,23+,24-/m1/s1. The van der Waals surface area contributed by atoms with Crippen molar-refractivity contribution in [2.75, 3.05) is 13.6 Å². The van der Waals surface area contributed by atoms with Crippen LogP contribution >= 0.6 is 0 Å². The number of hydrogen-bond acceptors (Lipinski definition) is 3. The van der Waals surface area contributed by atoms with Gasteiger partial charge in [-0.3, -0.25) is 9.59 Å². The van der Waals surface area contributed by atoms with Crippen LogP contribution in [-0.4, -0.2) is 30.1 Å². The molecule has 1 heterocycles. The fourth-order valence-electron chi connectivity index (χ4n) is 7.64. The van der Waals surface area contributed by atoms with E-state index in [1.54, 1.807) is 0 Å². The van der Waals surface area contributed by atoms with E-state index in [0.29, 0.717) is 41.7 Å². The van der Waals surface area contributed by atoms with Gasteiger partial charge in [0.2, 0.25) is 0 Å². The maximum absolute atomic E-state index is 13.0. The molecule has 0 amide bonds. The molecule has 4 aliphatic rings. The number of rotatable bonds is 3. The number of allylic oxidation sites excluding steroid dienone is 2. The highest BCUT2D eigenvalue weighted by molar-refractivity contribution is 5.91. The van der Waals surface area contributed by atoms with Gasteiger partial charge in [-0.1, -0.05) is 27.7 Å². The summed E-state index contributed by atoms with van der Waals surface area (Å²) >= 11 is 0. The molecule has 0 spiro atoms. The van der Waals surface area contributed by atoms with Crippen molar-refractivity contribution in [2.24, 2.45) is 40.4 Å². The highest BCUT2D eigenvalue weighted by Gasteiger charge is 2.60. The minimum Gasteiger partial charge on any atom is -0.377 e. The molecule has 2 saturated carbocycles. The molecule has 3 nitrogen and oxygen atoms in total. The Bertz CT molecular complexity index is 680. The van der Waals surface area contributed by atoms with Crippen LogP contribution in [0.2, 0.25) is 0 Å². The number of hydrogen-bond donors (Lipinski definition) is 0. The lowest BCUT2D eigenvalue weighted by atomic mass is 9.49. The zero-order chi connectivity index (χ0) is 19.6. The fraction of sp³-hybridized carbons (Fsp3) is 0.833. The largest absolute Gasteiger partial charge is 0.377 e. The molecule has 0 bridgehead atoms. The molecule has 1 aliphatic heterocycles. The van der Waals surface area contributed by atoms with Gasteiger partial charge in [-0.25, -0.2) is 0 Å². The van der Waals surface area contributed by atoms with Gasteiger partial charge in [0.25, 0.3) is 0 Å². The van der Waals surface area contributed by atoms with Gasteiger partial charge >= 0.3 is 0 Å². The molecule has 0 aromatic heterocycles. The second kappa shape index (κ2) is 6.46. The van der Waals surface area contributed by atoms with Crippen molar-refractivity contribution < 1.29 is 9.59 Å². The fourth-order valence-corrected chi connectivity index (χ4v) is 7.64. The van der Waals surface area contributed by atoms with Crippen LogP contribution in [0.5, 0.6) is 0 Å². The normalized spacial score (nSPS) is 43.9. The predicted octanol–water partition coefficient (Wildman–Crippen LogP) is 4.86. The minimum atomic E-state index is 0.146. The molecule has 3 fully saturated rings. The van der Waals surface area contributed by atoms with Gasteiger partial charge in [-0.15, -0.1) is 0 Å². The highest BCUT2D eigenvalue weighted by Crippen LogP contribution is 2.65. The summed E-state index contributed by atoms with van der Waals surface area (Å²) in [5.74, 6) is 3.56. The maximum Gasteiger partial charge on any atom is 0.157 e. The Labute approximate surface area is 165 Å². The minimum absolute atomic E-state index is 0.146. The van der Waals surface area contributed by atoms with Crippen molar-refractivity contribution in [1.82, 2.24) is 4.90 Å². The molecule has 0 radical (unpaired) electrons. The zero-order valence-electron chi connectivity index (χ0n) is 17.9. The summed E-state index contributed by atoms with van der Waals surface area (Å²) in [7, 11) is 2.18. The number of nitrogens with zero attached hydrogens (tertiary/aromatic N) is 1. The van der Waals surface area contributed by atoms with E-state index in [2.05, 4.69) is 39.6 Å². The smallest absolute Gasteiger partial charge is 0.157 e. The molecule has 0 N–H and O–H groups in total. The summed E-state index contributed by atoms with van der Waals surface area (Å²) in [5.41, 5.74) is 1.62. The van der Waals surface area contributed by atoms with Crippen molar-refractivity contribution in [3.8, 4) is 0 Å². The molecule has 0 aromatic rings. The summed E-state index contributed by atoms with van der Waals surface area (Å²) in [6, 6.07) is 0. The Morgan fingerprint density at radius 3 is 2.63 bits per heavy atom. The Morgan fingerprint density at radius 1 is 1.19 bits per heavy atom. The number of ketones is 2. The van der Waals surface area contributed by atoms with Gasteiger partial charge in [0.05, 0.1) is 0 Å². The zero-order valence-corrected chi connectivity index (χ0v) is 17.9. The van der Waals surface area contributed by atoms with Crippen LogP contribution < -0.4 is 0 Å². The van der Waals surface area contributed by atoms with Crippen molar-refractivity contribution in [1.29, 1.82) is 0 Å². The van der Waals surface area contributed by atoms with Crippen LogP contribution in [0.4, 0.5) is 0 Å². The lowest BCUT2D eigenvalue weighted by Crippen LogP contribution is -2.57. The van der Waals surface area contributed by atoms with Gasteiger partial charge in [-0.05, 0) is 61.2 Å². The molecule has 6 atom stereocenters. The monoisotopic (exact) mass is 371 g/mol. The summed E-state index contributed by atoms with van der Waals surface area (Å²) in [5, 5.41) is 0. The molecule has 27 heavy (non-hydrogen) atoms. The average molecular weight is 372 g/mol. The number of piperidine rings is 1. The molecular formula is C24H37NO2. The Kier molecular flexibility index (Phi) is 4.59. The molecule has 1 saturated heterocycles. The first-order chi connectivity index (χ1) is 12.7. The topological polar surface area (TPSA) is 37.4 Å². The lowest BCUT2D eigenvalue weighted by Gasteiger charge is -2.60. The van der Waals surface area contributed by atoms with Crippen LogP contribution in [-0.2, 0) is 9.59 Å². The van der Waals surface area contributed by atoms with Crippen LogP contribution in [0.15, 0.2) is 11.8 Å². The van der Waals surface area contributed by atoms with Crippen molar-refractivity contribution in [2.45, 2.75) is 72.6 Å². The van der Waals surface area contributed by atoms with Gasteiger partial charge in [-0.2, -0.15) is 0 Å². The number of carbonyl (C=O) groups excluding carboxylic acids is 2. The van der Waals surface area contributed by atoms with Crippen LogP contribution in [0, 0.1) is 40.4 Å². The van der Waals surface area contributed by atoms with Gasteiger partial charge in [0.15, 0.2) is 5.78 Å². The van der Waals surface area contributed by atoms with Gasteiger partial charge in [0, 0.05) is 49.5 Å². The molecule has 3 heteroatoms. The third-order valence-electron chi connectivity index (χ3n) is 8.92. The summed E-state index contributed by atoms with van der Waals surface area (Å²) in [4.78, 5) is 27.5. The summed E-state index contributed by atoms with van der Waals surface area (Å²) < 4.78 is 0. The van der Waals surface area contributed by atoms with Gasteiger partial charge in [0.1, 0.15) is 5.78 Å². The SMILES string of the molecule is CC(C)CC(=O)[C@H]1CCC2C3CN(C)C4=CC(=O)CC[C@]4(C)C3CC[C@@]21C. The summed E-state index contributed by atoms with van der Waals surface area (Å²) in [6.07, 6.45) is 9.11. The van der Waals surface area contributed by atoms with E-state index < -0.39 is 0 Å². The third kappa shape index (κ3) is 2.83. The van der Waals surface area contributed by atoms with E-state index in [1.165, 1.54) is 25.0 Å². The Morgan fingerprint density at radius 2 is 1.93 bits per heavy atom. The first kappa shape index (κ1) is 19.2. The number of carbonyl (C=O) groups is 2. The Balaban J connectivity index is 1.63. The Hall–Kier alpha value is -1.12. The van der Waals surface area contributed by atoms with E-state index in [4.69, 9.17) is 0 Å². The second-order valence-electron chi connectivity index (χ2n) is 10.9. The molecule has 4 rings (SSSR count). The van der Waals surface area contributed by atoms with Crippen LogP contribution in [0.1, 0.15) is 72.6 Å². The average Bonchev–Trinajstić information content (AvgIpc) is 2.93. The molecule has 0 aromatic carbocycles. The second-order valence-corrected chi connectivity index (χ2v) is 10.9. The lowest BCUT2D eigenvalue weighted by molar-refractivity contribution is -0.132. The first-order valence-electron chi connectivity index (χ1n) is 11.2. The molecular weight excluding hydrogens is 334 g/mol. The number of likely N-dealkylation sites (tertiary alicyclic amines) is 1. The van der Waals surface area contributed by atoms with Crippen LogP contribution in [0.25, 0.3) is 0 Å². The molecule has 150 valence electrons. The summed E-state index contributed by atoms with van der Waals surface area (Å²) in [6.45, 7) is 10.2. The highest BCUT2D eigenvalue weighted by atomic mass is 16.1. The number of fused-ring (bicyclic) bond motifs is 5. The van der Waals surface area contributed by atoms with Crippen LogP contribution in [0.3, 0.4) is 0 Å². The van der Waals surface area contributed by atoms with E-state index in [0.717, 1.165) is 25.8 Å². The maximum atomic E-state index is 13.0. The molecule has 3 aliphatic carbocycles. The van der Waals surface area contributed by atoms with E-state index in [-0.39, 0.29) is 16.7 Å².